The van der Waals surface area contributed by atoms with Gasteiger partial charge in [-0.25, -0.2) is 0 Å². The third kappa shape index (κ3) is 3.76. The number of hydrogen-bond donors (Lipinski definition) is 2. The highest BCUT2D eigenvalue weighted by Crippen LogP contribution is 2.14. The predicted molar refractivity (Wildman–Crippen MR) is 69.0 cm³/mol. The molecular formula is C12H22N4O. The lowest BCUT2D eigenvalue weighted by atomic mass is 10.2. The van der Waals surface area contributed by atoms with Crippen LogP contribution in [-0.4, -0.2) is 28.3 Å². The van der Waals surface area contributed by atoms with Gasteiger partial charge in [0.2, 0.25) is 5.91 Å². The van der Waals surface area contributed by atoms with Crippen LogP contribution in [0.4, 0.5) is 5.69 Å². The van der Waals surface area contributed by atoms with Crippen molar-refractivity contribution < 1.29 is 4.79 Å². The summed E-state index contributed by atoms with van der Waals surface area (Å²) in [5, 5.41) is 10.4. The van der Waals surface area contributed by atoms with Crippen LogP contribution >= 0.6 is 0 Å². The molecule has 1 atom stereocenters. The molecule has 5 heteroatoms. The second-order valence-electron chi connectivity index (χ2n) is 4.17. The Morgan fingerprint density at radius 2 is 2.24 bits per heavy atom. The predicted octanol–water partition coefficient (Wildman–Crippen LogP) is 1.31. The molecule has 17 heavy (non-hydrogen) atoms. The van der Waals surface area contributed by atoms with Gasteiger partial charge in [-0.05, 0) is 19.8 Å². The first-order valence-corrected chi connectivity index (χ1v) is 6.15. The first-order valence-electron chi connectivity index (χ1n) is 6.15. The van der Waals surface area contributed by atoms with Gasteiger partial charge in [0.05, 0.1) is 11.4 Å². The molecule has 0 saturated carbocycles. The molecule has 1 amide bonds. The van der Waals surface area contributed by atoms with E-state index < -0.39 is 0 Å². The molecule has 5 nitrogen and oxygen atoms in total. The third-order valence-corrected chi connectivity index (χ3v) is 2.55. The van der Waals surface area contributed by atoms with Crippen molar-refractivity contribution in [3.05, 3.63) is 11.9 Å². The topological polar surface area (TPSA) is 59.0 Å². The van der Waals surface area contributed by atoms with E-state index in [0.29, 0.717) is 0 Å². The van der Waals surface area contributed by atoms with Crippen molar-refractivity contribution in [2.75, 3.05) is 11.9 Å². The van der Waals surface area contributed by atoms with Gasteiger partial charge in [-0.1, -0.05) is 13.8 Å². The number of amides is 1. The second kappa shape index (κ2) is 6.27. The van der Waals surface area contributed by atoms with Crippen molar-refractivity contribution in [2.24, 2.45) is 7.05 Å². The van der Waals surface area contributed by atoms with Gasteiger partial charge in [-0.3, -0.25) is 9.48 Å². The fraction of sp³-hybridized carbons (Fsp3) is 0.667. The van der Waals surface area contributed by atoms with E-state index in [1.54, 1.807) is 4.68 Å². The maximum atomic E-state index is 11.7. The van der Waals surface area contributed by atoms with Crippen LogP contribution in [0, 0.1) is 0 Å². The van der Waals surface area contributed by atoms with Crippen molar-refractivity contribution in [1.82, 2.24) is 15.1 Å². The zero-order valence-corrected chi connectivity index (χ0v) is 11.1. The van der Waals surface area contributed by atoms with Gasteiger partial charge in [0.1, 0.15) is 6.04 Å². The van der Waals surface area contributed by atoms with Gasteiger partial charge in [0, 0.05) is 19.8 Å². The molecule has 0 spiro atoms. The van der Waals surface area contributed by atoms with E-state index in [2.05, 4.69) is 22.7 Å². The minimum atomic E-state index is -0.240. The Hall–Kier alpha value is -1.52. The Kier molecular flexibility index (Phi) is 5.00. The van der Waals surface area contributed by atoms with E-state index in [-0.39, 0.29) is 11.9 Å². The van der Waals surface area contributed by atoms with E-state index in [1.807, 2.05) is 27.1 Å². The van der Waals surface area contributed by atoms with Crippen LogP contribution in [-0.2, 0) is 18.3 Å². The summed E-state index contributed by atoms with van der Waals surface area (Å²) in [6.07, 6.45) is 3.71. The summed E-state index contributed by atoms with van der Waals surface area (Å²) in [5.41, 5.74) is 1.93. The molecule has 0 radical (unpaired) electrons. The lowest BCUT2D eigenvalue weighted by Gasteiger charge is -2.14. The van der Waals surface area contributed by atoms with Crippen molar-refractivity contribution in [1.29, 1.82) is 0 Å². The summed E-state index contributed by atoms with van der Waals surface area (Å²) < 4.78 is 1.76. The Bertz CT molecular complexity index is 373. The van der Waals surface area contributed by atoms with Crippen LogP contribution < -0.4 is 10.6 Å². The molecule has 0 bridgehead atoms. The highest BCUT2D eigenvalue weighted by atomic mass is 16.2. The highest BCUT2D eigenvalue weighted by Gasteiger charge is 2.14. The van der Waals surface area contributed by atoms with Crippen molar-refractivity contribution in [2.45, 2.75) is 39.7 Å². The highest BCUT2D eigenvalue weighted by molar-refractivity contribution is 5.84. The summed E-state index contributed by atoms with van der Waals surface area (Å²) >= 11 is 0. The van der Waals surface area contributed by atoms with E-state index in [4.69, 9.17) is 0 Å². The van der Waals surface area contributed by atoms with Crippen LogP contribution in [0.5, 0.6) is 0 Å². The average Bonchev–Trinajstić information content (AvgIpc) is 2.66. The molecule has 0 fully saturated rings. The Balaban J connectivity index is 2.60. The fourth-order valence-corrected chi connectivity index (χ4v) is 1.62. The molecule has 1 heterocycles. The Morgan fingerprint density at radius 1 is 1.53 bits per heavy atom. The molecule has 0 aliphatic heterocycles. The number of rotatable bonds is 6. The van der Waals surface area contributed by atoms with Gasteiger partial charge in [0.15, 0.2) is 0 Å². The van der Waals surface area contributed by atoms with Gasteiger partial charge < -0.3 is 10.6 Å². The lowest BCUT2D eigenvalue weighted by molar-refractivity contribution is -0.121. The lowest BCUT2D eigenvalue weighted by Crippen LogP contribution is -2.37. The van der Waals surface area contributed by atoms with Crippen LogP contribution in [0.25, 0.3) is 0 Å². The summed E-state index contributed by atoms with van der Waals surface area (Å²) in [4.78, 5) is 11.7. The molecule has 0 aliphatic carbocycles. The maximum absolute atomic E-state index is 11.7. The zero-order chi connectivity index (χ0) is 12.8. The van der Waals surface area contributed by atoms with Crippen LogP contribution in [0.3, 0.4) is 0 Å². The average molecular weight is 238 g/mol. The number of aromatic nitrogens is 2. The van der Waals surface area contributed by atoms with E-state index in [1.165, 1.54) is 0 Å². The monoisotopic (exact) mass is 238 g/mol. The normalized spacial score (nSPS) is 12.2. The van der Waals surface area contributed by atoms with Gasteiger partial charge in [-0.15, -0.1) is 0 Å². The minimum absolute atomic E-state index is 0.0257. The zero-order valence-electron chi connectivity index (χ0n) is 11.1. The molecule has 1 rings (SSSR count). The van der Waals surface area contributed by atoms with Crippen LogP contribution in [0.1, 0.15) is 32.9 Å². The third-order valence-electron chi connectivity index (χ3n) is 2.55. The maximum Gasteiger partial charge on any atom is 0.242 e. The van der Waals surface area contributed by atoms with Crippen molar-refractivity contribution in [3.63, 3.8) is 0 Å². The van der Waals surface area contributed by atoms with Gasteiger partial charge in [0.25, 0.3) is 0 Å². The molecule has 1 aromatic rings. The quantitative estimate of drug-likeness (QED) is 0.785. The van der Waals surface area contributed by atoms with E-state index >= 15 is 0 Å². The summed E-state index contributed by atoms with van der Waals surface area (Å²) in [6.45, 7) is 6.67. The Morgan fingerprint density at radius 3 is 2.82 bits per heavy atom. The molecule has 0 saturated heterocycles. The molecular weight excluding hydrogens is 216 g/mol. The van der Waals surface area contributed by atoms with Gasteiger partial charge >= 0.3 is 0 Å². The van der Waals surface area contributed by atoms with Crippen LogP contribution in [0.15, 0.2) is 6.20 Å². The van der Waals surface area contributed by atoms with E-state index in [0.717, 1.165) is 30.8 Å². The fourth-order valence-electron chi connectivity index (χ4n) is 1.62. The standard InChI is InChI=1S/C12H22N4O/c1-5-7-13-12(17)9(3)14-11-8-16(4)15-10(11)6-2/h8-9,14H,5-7H2,1-4H3,(H,13,17). The molecule has 0 aromatic carbocycles. The van der Waals surface area contributed by atoms with E-state index in [9.17, 15) is 4.79 Å². The number of nitrogens with zero attached hydrogens (tertiary/aromatic N) is 2. The molecule has 1 aromatic heterocycles. The first kappa shape index (κ1) is 13.5. The smallest absolute Gasteiger partial charge is 0.242 e. The number of aryl methyl sites for hydroxylation is 2. The number of carbonyl (C=O) groups excluding carboxylic acids is 1. The van der Waals surface area contributed by atoms with Gasteiger partial charge in [-0.2, -0.15) is 5.10 Å². The number of carbonyl (C=O) groups is 1. The molecule has 96 valence electrons. The summed E-state index contributed by atoms with van der Waals surface area (Å²) in [5.74, 6) is 0.0257. The summed E-state index contributed by atoms with van der Waals surface area (Å²) in [7, 11) is 1.88. The largest absolute Gasteiger partial charge is 0.371 e. The molecule has 0 aliphatic rings. The minimum Gasteiger partial charge on any atom is -0.371 e. The van der Waals surface area contributed by atoms with Crippen molar-refractivity contribution in [3.8, 4) is 0 Å². The number of anilines is 1. The Labute approximate surface area is 103 Å². The summed E-state index contributed by atoms with van der Waals surface area (Å²) in [6, 6.07) is -0.240. The number of nitrogens with one attached hydrogen (secondary N) is 2. The molecule has 1 unspecified atom stereocenters. The van der Waals surface area contributed by atoms with Crippen molar-refractivity contribution >= 4 is 11.6 Å². The van der Waals surface area contributed by atoms with Crippen LogP contribution in [0.2, 0.25) is 0 Å². The number of hydrogen-bond acceptors (Lipinski definition) is 3. The first-order chi connectivity index (χ1) is 8.08. The second-order valence-corrected chi connectivity index (χ2v) is 4.17. The molecule has 2 N–H and O–H groups in total. The SMILES string of the molecule is CCCNC(=O)C(C)Nc1cn(C)nc1CC.